The summed E-state index contributed by atoms with van der Waals surface area (Å²) in [4.78, 5) is 2.71. The molecule has 0 amide bonds. The van der Waals surface area contributed by atoms with Gasteiger partial charge in [-0.05, 0) is 64.5 Å². The first-order chi connectivity index (χ1) is 7.96. The maximum absolute atomic E-state index is 5.66. The zero-order valence-corrected chi connectivity index (χ0v) is 12.3. The van der Waals surface area contributed by atoms with Crippen LogP contribution in [0.1, 0.15) is 66.2 Å². The van der Waals surface area contributed by atoms with Crippen LogP contribution < -0.4 is 5.73 Å². The Bertz CT molecular complexity index is 203. The average Bonchev–Trinajstić information content (AvgIpc) is 2.22. The molecule has 1 saturated heterocycles. The van der Waals surface area contributed by atoms with Gasteiger partial charge in [-0.3, -0.25) is 4.90 Å². The molecular formula is C15H32N2. The molecule has 1 heterocycles. The monoisotopic (exact) mass is 240 g/mol. The van der Waals surface area contributed by atoms with Gasteiger partial charge >= 0.3 is 0 Å². The molecule has 1 aliphatic heterocycles. The van der Waals surface area contributed by atoms with Gasteiger partial charge in [-0.2, -0.15) is 0 Å². The number of nitrogens with two attached hydrogens (primary N) is 1. The molecule has 2 heteroatoms. The molecule has 0 bridgehead atoms. The summed E-state index contributed by atoms with van der Waals surface area (Å²) < 4.78 is 0. The Hall–Kier alpha value is -0.0800. The first-order valence-corrected chi connectivity index (χ1v) is 7.42. The summed E-state index contributed by atoms with van der Waals surface area (Å²) in [6.45, 7) is 11.6. The van der Waals surface area contributed by atoms with E-state index < -0.39 is 0 Å². The lowest BCUT2D eigenvalue weighted by Crippen LogP contribution is -2.44. The van der Waals surface area contributed by atoms with Crippen molar-refractivity contribution in [2.45, 2.75) is 78.3 Å². The van der Waals surface area contributed by atoms with E-state index in [-0.39, 0.29) is 0 Å². The second-order valence-corrected chi connectivity index (χ2v) is 6.67. The molecule has 0 aromatic heterocycles. The molecule has 102 valence electrons. The van der Waals surface area contributed by atoms with Gasteiger partial charge in [0.15, 0.2) is 0 Å². The fourth-order valence-corrected chi connectivity index (χ4v) is 3.17. The lowest BCUT2D eigenvalue weighted by molar-refractivity contribution is 0.0963. The third-order valence-electron chi connectivity index (χ3n) is 4.47. The van der Waals surface area contributed by atoms with Crippen LogP contribution in [0.5, 0.6) is 0 Å². The van der Waals surface area contributed by atoms with E-state index >= 15 is 0 Å². The highest BCUT2D eigenvalue weighted by Gasteiger charge is 2.25. The molecule has 0 aromatic carbocycles. The molecule has 0 spiro atoms. The van der Waals surface area contributed by atoms with Crippen molar-refractivity contribution in [1.29, 1.82) is 0 Å². The summed E-state index contributed by atoms with van der Waals surface area (Å²) in [6.07, 6.45) is 7.96. The summed E-state index contributed by atoms with van der Waals surface area (Å²) in [6, 6.07) is 1.58. The molecular weight excluding hydrogens is 208 g/mol. The number of nitrogens with zero attached hydrogens (tertiary/aromatic N) is 1. The van der Waals surface area contributed by atoms with Crippen LogP contribution in [0.2, 0.25) is 0 Å². The van der Waals surface area contributed by atoms with Gasteiger partial charge in [0.05, 0.1) is 0 Å². The average molecular weight is 240 g/mol. The van der Waals surface area contributed by atoms with E-state index in [1.807, 2.05) is 0 Å². The number of piperidine rings is 1. The third kappa shape index (κ3) is 4.97. The molecule has 1 fully saturated rings. The van der Waals surface area contributed by atoms with Gasteiger partial charge in [-0.15, -0.1) is 0 Å². The van der Waals surface area contributed by atoms with Gasteiger partial charge in [-0.1, -0.05) is 20.3 Å². The second-order valence-electron chi connectivity index (χ2n) is 6.67. The van der Waals surface area contributed by atoms with Crippen LogP contribution in [0.3, 0.4) is 0 Å². The van der Waals surface area contributed by atoms with E-state index in [4.69, 9.17) is 5.73 Å². The molecule has 2 N–H and O–H groups in total. The molecule has 17 heavy (non-hydrogen) atoms. The minimum atomic E-state index is 0.428. The van der Waals surface area contributed by atoms with Gasteiger partial charge in [0.1, 0.15) is 0 Å². The van der Waals surface area contributed by atoms with Crippen molar-refractivity contribution >= 4 is 0 Å². The van der Waals surface area contributed by atoms with Crippen LogP contribution in [0.4, 0.5) is 0 Å². The van der Waals surface area contributed by atoms with Crippen molar-refractivity contribution in [2.24, 2.45) is 11.1 Å². The largest absolute Gasteiger partial charge is 0.330 e. The molecule has 2 atom stereocenters. The van der Waals surface area contributed by atoms with Gasteiger partial charge in [0.2, 0.25) is 0 Å². The molecule has 0 aliphatic carbocycles. The van der Waals surface area contributed by atoms with Crippen molar-refractivity contribution in [3.63, 3.8) is 0 Å². The maximum atomic E-state index is 5.66. The highest BCUT2D eigenvalue weighted by molar-refractivity contribution is 4.80. The third-order valence-corrected chi connectivity index (χ3v) is 4.47. The number of hydrogen-bond donors (Lipinski definition) is 1. The topological polar surface area (TPSA) is 29.3 Å². The standard InChI is InChI=1S/C15H32N2/c1-13-7-5-8-14(2)17(13)12-6-9-15(3,4)10-11-16/h13-14H,5-12,16H2,1-4H3/t13-,14+. The highest BCUT2D eigenvalue weighted by atomic mass is 15.2. The van der Waals surface area contributed by atoms with E-state index in [9.17, 15) is 0 Å². The number of likely N-dealkylation sites (tertiary alicyclic amines) is 1. The van der Waals surface area contributed by atoms with Crippen molar-refractivity contribution in [3.8, 4) is 0 Å². The molecule has 0 aromatic rings. The van der Waals surface area contributed by atoms with Crippen LogP contribution in [0.15, 0.2) is 0 Å². The van der Waals surface area contributed by atoms with Crippen molar-refractivity contribution in [3.05, 3.63) is 0 Å². The minimum Gasteiger partial charge on any atom is -0.330 e. The van der Waals surface area contributed by atoms with E-state index in [2.05, 4.69) is 32.6 Å². The molecule has 1 aliphatic rings. The van der Waals surface area contributed by atoms with Gasteiger partial charge < -0.3 is 5.73 Å². The van der Waals surface area contributed by atoms with E-state index in [0.29, 0.717) is 5.41 Å². The lowest BCUT2D eigenvalue weighted by Gasteiger charge is -2.39. The van der Waals surface area contributed by atoms with Gasteiger partial charge in [-0.25, -0.2) is 0 Å². The number of hydrogen-bond acceptors (Lipinski definition) is 2. The summed E-state index contributed by atoms with van der Waals surface area (Å²) >= 11 is 0. The van der Waals surface area contributed by atoms with E-state index in [1.165, 1.54) is 38.6 Å². The second kappa shape index (κ2) is 6.75. The zero-order valence-electron chi connectivity index (χ0n) is 12.3. The predicted molar refractivity (Wildman–Crippen MR) is 76.2 cm³/mol. The molecule has 0 saturated carbocycles. The predicted octanol–water partition coefficient (Wildman–Crippen LogP) is 3.40. The fourth-order valence-electron chi connectivity index (χ4n) is 3.17. The smallest absolute Gasteiger partial charge is 0.00697 e. The van der Waals surface area contributed by atoms with Gasteiger partial charge in [0.25, 0.3) is 0 Å². The first-order valence-electron chi connectivity index (χ1n) is 7.42. The Kier molecular flexibility index (Phi) is 5.94. The highest BCUT2D eigenvalue weighted by Crippen LogP contribution is 2.28. The quantitative estimate of drug-likeness (QED) is 0.771. The SMILES string of the molecule is C[C@@H]1CCC[C@H](C)N1CCCC(C)(C)CCN. The van der Waals surface area contributed by atoms with Crippen LogP contribution in [-0.4, -0.2) is 30.1 Å². The van der Waals surface area contributed by atoms with Crippen LogP contribution in [0.25, 0.3) is 0 Å². The normalized spacial score (nSPS) is 27.4. The summed E-state index contributed by atoms with van der Waals surface area (Å²) in [5, 5.41) is 0. The Morgan fingerprint density at radius 1 is 1.12 bits per heavy atom. The summed E-state index contributed by atoms with van der Waals surface area (Å²) in [5.74, 6) is 0. The Labute approximate surface area is 108 Å². The van der Waals surface area contributed by atoms with Crippen molar-refractivity contribution in [2.75, 3.05) is 13.1 Å². The number of rotatable bonds is 6. The summed E-state index contributed by atoms with van der Waals surface area (Å²) in [5.41, 5.74) is 6.09. The molecule has 0 unspecified atom stereocenters. The maximum Gasteiger partial charge on any atom is 0.00697 e. The molecule has 0 radical (unpaired) electrons. The minimum absolute atomic E-state index is 0.428. The van der Waals surface area contributed by atoms with E-state index in [0.717, 1.165) is 25.0 Å². The van der Waals surface area contributed by atoms with Crippen molar-refractivity contribution in [1.82, 2.24) is 4.90 Å². The van der Waals surface area contributed by atoms with Crippen LogP contribution in [0, 0.1) is 5.41 Å². The Balaban J connectivity index is 2.29. The Morgan fingerprint density at radius 3 is 2.24 bits per heavy atom. The van der Waals surface area contributed by atoms with E-state index in [1.54, 1.807) is 0 Å². The summed E-state index contributed by atoms with van der Waals surface area (Å²) in [7, 11) is 0. The molecule has 2 nitrogen and oxygen atoms in total. The first kappa shape index (κ1) is 15.0. The van der Waals surface area contributed by atoms with Crippen LogP contribution in [-0.2, 0) is 0 Å². The fraction of sp³-hybridized carbons (Fsp3) is 1.00. The van der Waals surface area contributed by atoms with Crippen LogP contribution >= 0.6 is 0 Å². The van der Waals surface area contributed by atoms with Crippen molar-refractivity contribution < 1.29 is 0 Å². The lowest BCUT2D eigenvalue weighted by atomic mass is 9.84. The Morgan fingerprint density at radius 2 is 1.71 bits per heavy atom. The zero-order chi connectivity index (χ0) is 12.9. The molecule has 1 rings (SSSR count). The van der Waals surface area contributed by atoms with Gasteiger partial charge in [0, 0.05) is 12.1 Å².